The van der Waals surface area contributed by atoms with E-state index in [-0.39, 0.29) is 30.9 Å². The first-order valence-electron chi connectivity index (χ1n) is 14.5. The average molecular weight is 578 g/mol. The Labute approximate surface area is 244 Å². The van der Waals surface area contributed by atoms with Crippen molar-refractivity contribution in [1.29, 1.82) is 0 Å². The van der Waals surface area contributed by atoms with Crippen molar-refractivity contribution in [2.24, 2.45) is 0 Å². The fraction of sp³-hybridized carbons (Fsp3) is 0.484. The molecule has 1 saturated carbocycles. The molecule has 0 radical (unpaired) electrons. The predicted octanol–water partition coefficient (Wildman–Crippen LogP) is 3.25. The van der Waals surface area contributed by atoms with Crippen LogP contribution in [0, 0.1) is 0 Å². The smallest absolute Gasteiger partial charge is 0.408 e. The number of fused-ring (bicyclic) bond motifs is 1. The van der Waals surface area contributed by atoms with Gasteiger partial charge in [0.15, 0.2) is 0 Å². The fourth-order valence-electron chi connectivity index (χ4n) is 5.37. The van der Waals surface area contributed by atoms with Crippen molar-refractivity contribution in [2.45, 2.75) is 76.3 Å². The first-order chi connectivity index (χ1) is 20.0. The molecule has 11 heteroatoms. The first kappa shape index (κ1) is 29.4. The molecule has 0 spiro atoms. The number of benzene rings is 2. The van der Waals surface area contributed by atoms with Gasteiger partial charge in [-0.25, -0.2) is 9.59 Å². The van der Waals surface area contributed by atoms with Crippen molar-refractivity contribution in [3.05, 3.63) is 70.6 Å². The molecule has 2 aromatic carbocycles. The molecular formula is C31H39N5O6. The Hall–Kier alpha value is -4.12. The maximum Gasteiger partial charge on any atom is 0.408 e. The van der Waals surface area contributed by atoms with Gasteiger partial charge in [-0.05, 0) is 64.2 Å². The molecule has 3 amide bonds. The number of imidazole rings is 1. The van der Waals surface area contributed by atoms with E-state index in [1.807, 2.05) is 54.6 Å². The Balaban J connectivity index is 1.25. The van der Waals surface area contributed by atoms with E-state index in [2.05, 4.69) is 15.6 Å². The van der Waals surface area contributed by atoms with Crippen molar-refractivity contribution < 1.29 is 23.9 Å². The average Bonchev–Trinajstić information content (AvgIpc) is 3.65. The third-order valence-electron chi connectivity index (χ3n) is 7.69. The van der Waals surface area contributed by atoms with Crippen molar-refractivity contribution in [3.63, 3.8) is 0 Å². The lowest BCUT2D eigenvalue weighted by molar-refractivity contribution is -0.140. The number of ether oxygens (including phenoxy) is 2. The zero-order valence-corrected chi connectivity index (χ0v) is 24.4. The Kier molecular flexibility index (Phi) is 8.40. The molecule has 1 aromatic heterocycles. The number of H-pyrrole nitrogens is 1. The summed E-state index contributed by atoms with van der Waals surface area (Å²) in [6.45, 7) is 6.38. The lowest BCUT2D eigenvalue weighted by Gasteiger charge is -2.35. The molecule has 3 aromatic rings. The monoisotopic (exact) mass is 577 g/mol. The Morgan fingerprint density at radius 3 is 2.36 bits per heavy atom. The number of aromatic amines is 1. The van der Waals surface area contributed by atoms with Crippen LogP contribution in [0.1, 0.15) is 58.1 Å². The molecule has 3 N–H and O–H groups in total. The Bertz CT molecular complexity index is 1480. The Morgan fingerprint density at radius 2 is 1.69 bits per heavy atom. The molecular weight excluding hydrogens is 538 g/mol. The van der Waals surface area contributed by atoms with Crippen LogP contribution in [0.5, 0.6) is 0 Å². The minimum atomic E-state index is -1.11. The summed E-state index contributed by atoms with van der Waals surface area (Å²) in [6.07, 6.45) is 1.43. The second kappa shape index (κ2) is 12.0. The van der Waals surface area contributed by atoms with E-state index in [0.29, 0.717) is 38.8 Å². The number of likely N-dealkylation sites (tertiary alicyclic amines) is 1. The zero-order valence-electron chi connectivity index (χ0n) is 24.4. The number of piperidine rings is 1. The van der Waals surface area contributed by atoms with E-state index >= 15 is 0 Å². The molecule has 42 heavy (non-hydrogen) atoms. The van der Waals surface area contributed by atoms with Crippen molar-refractivity contribution in [2.75, 3.05) is 19.7 Å². The van der Waals surface area contributed by atoms with E-state index in [0.717, 1.165) is 16.6 Å². The number of carbonyl (C=O) groups is 3. The van der Waals surface area contributed by atoms with E-state index in [1.54, 1.807) is 30.2 Å². The molecule has 2 aliphatic rings. The van der Waals surface area contributed by atoms with Crippen LogP contribution < -0.4 is 16.3 Å². The summed E-state index contributed by atoms with van der Waals surface area (Å²) in [6, 6.07) is 16.2. The normalized spacial score (nSPS) is 17.5. The van der Waals surface area contributed by atoms with Crippen molar-refractivity contribution in [1.82, 2.24) is 25.1 Å². The second-order valence-electron chi connectivity index (χ2n) is 12.1. The highest BCUT2D eigenvalue weighted by molar-refractivity contribution is 5.96. The summed E-state index contributed by atoms with van der Waals surface area (Å²) in [5.74, 6) is -0.690. The van der Waals surface area contributed by atoms with Gasteiger partial charge in [-0.2, -0.15) is 0 Å². The maximum atomic E-state index is 13.8. The van der Waals surface area contributed by atoms with Crippen LogP contribution in [0.4, 0.5) is 4.79 Å². The fourth-order valence-corrected chi connectivity index (χ4v) is 5.37. The highest BCUT2D eigenvalue weighted by Gasteiger charge is 2.53. The minimum Gasteiger partial charge on any atom is -0.444 e. The number of amides is 3. The number of nitrogens with one attached hydrogen (secondary N) is 3. The molecule has 2 fully saturated rings. The predicted molar refractivity (Wildman–Crippen MR) is 157 cm³/mol. The molecule has 224 valence electrons. The van der Waals surface area contributed by atoms with Gasteiger partial charge in [-0.15, -0.1) is 0 Å². The van der Waals surface area contributed by atoms with Crippen molar-refractivity contribution in [3.8, 4) is 0 Å². The van der Waals surface area contributed by atoms with E-state index in [4.69, 9.17) is 9.47 Å². The number of nitrogens with zero attached hydrogens (tertiary/aromatic N) is 2. The molecule has 11 nitrogen and oxygen atoms in total. The summed E-state index contributed by atoms with van der Waals surface area (Å²) in [4.78, 5) is 56.9. The van der Waals surface area contributed by atoms with Crippen LogP contribution in [-0.2, 0) is 25.7 Å². The summed E-state index contributed by atoms with van der Waals surface area (Å²) in [7, 11) is 0. The van der Waals surface area contributed by atoms with Gasteiger partial charge in [0.2, 0.25) is 11.8 Å². The summed E-state index contributed by atoms with van der Waals surface area (Å²) in [5.41, 5.74) is 0.610. The molecule has 2 heterocycles. The van der Waals surface area contributed by atoms with Gasteiger partial charge < -0.3 is 30.0 Å². The van der Waals surface area contributed by atoms with Gasteiger partial charge in [-0.3, -0.25) is 14.2 Å². The number of para-hydroxylation sites is 2. The first-order valence-corrected chi connectivity index (χ1v) is 14.5. The summed E-state index contributed by atoms with van der Waals surface area (Å²) < 4.78 is 13.0. The quantitative estimate of drug-likeness (QED) is 0.357. The number of alkyl carbamates (subject to hydrolysis) is 1. The molecule has 0 unspecified atom stereocenters. The van der Waals surface area contributed by atoms with E-state index < -0.39 is 29.2 Å². The van der Waals surface area contributed by atoms with Gasteiger partial charge in [0.05, 0.1) is 24.2 Å². The SMILES string of the molecule is CC(C)(C)OC(=O)NC1(C(=O)N[C@H](COCc2ccccc2)C(=O)N2CCC(n3c(=O)[nH]c4ccccc43)CC2)CC1. The second-order valence-corrected chi connectivity index (χ2v) is 12.1. The molecule has 1 atom stereocenters. The lowest BCUT2D eigenvalue weighted by Crippen LogP contribution is -2.58. The van der Waals surface area contributed by atoms with Gasteiger partial charge in [0.25, 0.3) is 0 Å². The number of hydrogen-bond donors (Lipinski definition) is 3. The van der Waals surface area contributed by atoms with Crippen molar-refractivity contribution >= 4 is 28.9 Å². The lowest BCUT2D eigenvalue weighted by atomic mass is 10.0. The van der Waals surface area contributed by atoms with E-state index in [9.17, 15) is 19.2 Å². The number of hydrogen-bond acceptors (Lipinski definition) is 6. The summed E-state index contributed by atoms with van der Waals surface area (Å²) >= 11 is 0. The molecule has 1 aliphatic carbocycles. The molecule has 1 aliphatic heterocycles. The topological polar surface area (TPSA) is 135 Å². The van der Waals surface area contributed by atoms with E-state index in [1.165, 1.54) is 0 Å². The largest absolute Gasteiger partial charge is 0.444 e. The van der Waals surface area contributed by atoms with Crippen LogP contribution in [-0.4, -0.2) is 69.2 Å². The van der Waals surface area contributed by atoms with Crippen LogP contribution in [0.2, 0.25) is 0 Å². The molecule has 5 rings (SSSR count). The van der Waals surface area contributed by atoms with Gasteiger partial charge >= 0.3 is 11.8 Å². The van der Waals surface area contributed by atoms with Crippen LogP contribution in [0.25, 0.3) is 11.0 Å². The Morgan fingerprint density at radius 1 is 1.02 bits per heavy atom. The minimum absolute atomic E-state index is 0.0240. The number of aromatic nitrogens is 2. The standard InChI is InChI=1S/C31H39N5O6/c1-30(2,3)42-29(40)34-31(15-16-31)27(38)32-24(20-41-19-21-9-5-4-6-10-21)26(37)35-17-13-22(14-18-35)36-25-12-8-7-11-23(25)33-28(36)39/h4-12,22,24H,13-20H2,1-3H3,(H,32,38)(H,33,39)(H,34,40)/t24-/m1/s1. The highest BCUT2D eigenvalue weighted by atomic mass is 16.6. The van der Waals surface area contributed by atoms with Crippen LogP contribution in [0.15, 0.2) is 59.4 Å². The third-order valence-corrected chi connectivity index (χ3v) is 7.69. The number of rotatable bonds is 9. The molecule has 1 saturated heterocycles. The summed E-state index contributed by atoms with van der Waals surface area (Å²) in [5, 5.41) is 5.55. The third kappa shape index (κ3) is 6.84. The van der Waals surface area contributed by atoms with Gasteiger partial charge in [-0.1, -0.05) is 42.5 Å². The number of carbonyl (C=O) groups excluding carboxylic acids is 3. The molecule has 0 bridgehead atoms. The van der Waals surface area contributed by atoms with Crippen LogP contribution in [0.3, 0.4) is 0 Å². The van der Waals surface area contributed by atoms with Gasteiger partial charge in [0, 0.05) is 19.1 Å². The highest BCUT2D eigenvalue weighted by Crippen LogP contribution is 2.36. The zero-order chi connectivity index (χ0) is 29.9. The van der Waals surface area contributed by atoms with Crippen LogP contribution >= 0.6 is 0 Å². The maximum absolute atomic E-state index is 13.8. The van der Waals surface area contributed by atoms with Gasteiger partial charge in [0.1, 0.15) is 17.2 Å².